The van der Waals surface area contributed by atoms with Gasteiger partial charge in [-0.2, -0.15) is 9.49 Å². The van der Waals surface area contributed by atoms with Crippen LogP contribution >= 0.6 is 11.3 Å². The first-order chi connectivity index (χ1) is 18.0. The van der Waals surface area contributed by atoms with E-state index in [9.17, 15) is 9.18 Å². The predicted molar refractivity (Wildman–Crippen MR) is 139 cm³/mol. The van der Waals surface area contributed by atoms with Gasteiger partial charge in [-0.1, -0.05) is 6.92 Å². The lowest BCUT2D eigenvalue weighted by molar-refractivity contribution is -0.116. The highest BCUT2D eigenvalue weighted by Gasteiger charge is 2.21. The number of amides is 1. The Hall–Kier alpha value is -4.51. The molecule has 6 rings (SSSR count). The smallest absolute Gasteiger partial charge is 0.224 e. The molecule has 0 bridgehead atoms. The zero-order valence-corrected chi connectivity index (χ0v) is 20.3. The Balaban J connectivity index is 1.44. The van der Waals surface area contributed by atoms with E-state index in [0.717, 1.165) is 17.8 Å². The summed E-state index contributed by atoms with van der Waals surface area (Å²) in [7, 11) is 0. The summed E-state index contributed by atoms with van der Waals surface area (Å²) >= 11 is 0.977. The number of hydrogen-bond donors (Lipinski definition) is 3. The number of rotatable bonds is 6. The van der Waals surface area contributed by atoms with Crippen LogP contribution in [0, 0.1) is 10.9 Å². The fraction of sp³-hybridized carbons (Fsp3) is 0.115. The molecule has 11 heteroatoms. The third-order valence-electron chi connectivity index (χ3n) is 5.91. The van der Waals surface area contributed by atoms with Crippen molar-refractivity contribution in [3.8, 4) is 33.2 Å². The summed E-state index contributed by atoms with van der Waals surface area (Å²) in [6.07, 6.45) is 5.78. The van der Waals surface area contributed by atoms with E-state index >= 15 is 4.39 Å². The summed E-state index contributed by atoms with van der Waals surface area (Å²) in [5, 5.41) is 9.93. The molecule has 5 aromatic heterocycles. The molecule has 0 aliphatic heterocycles. The maximum absolute atomic E-state index is 16.0. The maximum Gasteiger partial charge on any atom is 0.224 e. The standard InChI is InChI=1S/C26H19F2N7OS/c1-2-3-20(36)31-14-10-13(11-29-12-14)15-4-5-16-21(22(15)28)25(35-34-16)26-32-17-8-9-30-24(23(17)33-26)18-6-7-19(27)37-18/h4-12H,2-3H2,1H3,(H,31,36)(H,32,33)(H,34,35). The van der Waals surface area contributed by atoms with Gasteiger partial charge in [-0.05, 0) is 42.8 Å². The summed E-state index contributed by atoms with van der Waals surface area (Å²) < 4.78 is 29.6. The molecule has 1 aromatic carbocycles. The second-order valence-electron chi connectivity index (χ2n) is 8.43. The van der Waals surface area contributed by atoms with Crippen LogP contribution in [0.1, 0.15) is 19.8 Å². The van der Waals surface area contributed by atoms with Crippen molar-refractivity contribution in [3.63, 3.8) is 0 Å². The van der Waals surface area contributed by atoms with Gasteiger partial charge in [-0.25, -0.2) is 9.37 Å². The van der Waals surface area contributed by atoms with E-state index in [0.29, 0.717) is 61.9 Å². The zero-order chi connectivity index (χ0) is 25.5. The minimum atomic E-state index is -0.501. The minimum absolute atomic E-state index is 0.126. The highest BCUT2D eigenvalue weighted by atomic mass is 32.1. The molecular formula is C26H19F2N7OS. The van der Waals surface area contributed by atoms with Gasteiger partial charge in [0.15, 0.2) is 11.0 Å². The van der Waals surface area contributed by atoms with Crippen LogP contribution < -0.4 is 5.32 Å². The summed E-state index contributed by atoms with van der Waals surface area (Å²) in [5.74, 6) is -0.278. The molecule has 5 heterocycles. The first-order valence-corrected chi connectivity index (χ1v) is 12.4. The second kappa shape index (κ2) is 9.17. The number of halogens is 2. The van der Waals surface area contributed by atoms with Gasteiger partial charge in [-0.3, -0.25) is 19.9 Å². The summed E-state index contributed by atoms with van der Waals surface area (Å²) in [5.41, 5.74) is 3.84. The number of nitrogens with zero attached hydrogens (tertiary/aromatic N) is 4. The van der Waals surface area contributed by atoms with Crippen molar-refractivity contribution in [3.05, 3.63) is 65.9 Å². The number of aromatic nitrogens is 6. The molecule has 6 aromatic rings. The van der Waals surface area contributed by atoms with Gasteiger partial charge >= 0.3 is 0 Å². The van der Waals surface area contributed by atoms with E-state index in [4.69, 9.17) is 0 Å². The Bertz CT molecular complexity index is 1790. The van der Waals surface area contributed by atoms with Crippen LogP contribution in [0.15, 0.2) is 55.0 Å². The van der Waals surface area contributed by atoms with Crippen LogP contribution in [0.5, 0.6) is 0 Å². The fourth-order valence-electron chi connectivity index (χ4n) is 4.24. The number of fused-ring (bicyclic) bond motifs is 2. The number of thiophene rings is 1. The van der Waals surface area contributed by atoms with Gasteiger partial charge in [0.2, 0.25) is 5.91 Å². The lowest BCUT2D eigenvalue weighted by Gasteiger charge is -2.08. The Morgan fingerprint density at radius 3 is 2.78 bits per heavy atom. The molecule has 37 heavy (non-hydrogen) atoms. The van der Waals surface area contributed by atoms with Crippen molar-refractivity contribution in [1.82, 2.24) is 30.1 Å². The topological polar surface area (TPSA) is 112 Å². The molecule has 0 spiro atoms. The largest absolute Gasteiger partial charge is 0.336 e. The van der Waals surface area contributed by atoms with Crippen molar-refractivity contribution in [1.29, 1.82) is 0 Å². The first kappa shape index (κ1) is 22.9. The summed E-state index contributed by atoms with van der Waals surface area (Å²) in [4.78, 5) is 29.0. The second-order valence-corrected chi connectivity index (χ2v) is 9.46. The average Bonchev–Trinajstić information content (AvgIpc) is 3.62. The molecule has 0 atom stereocenters. The lowest BCUT2D eigenvalue weighted by Crippen LogP contribution is -2.10. The lowest BCUT2D eigenvalue weighted by atomic mass is 10.0. The van der Waals surface area contributed by atoms with Crippen LogP contribution in [0.4, 0.5) is 14.5 Å². The van der Waals surface area contributed by atoms with Gasteiger partial charge in [0.05, 0.1) is 33.2 Å². The number of pyridine rings is 2. The predicted octanol–water partition coefficient (Wildman–Crippen LogP) is 6.31. The summed E-state index contributed by atoms with van der Waals surface area (Å²) in [6, 6.07) is 9.84. The van der Waals surface area contributed by atoms with Crippen molar-refractivity contribution in [2.24, 2.45) is 0 Å². The fourth-order valence-corrected chi connectivity index (χ4v) is 4.97. The number of carbonyl (C=O) groups excluding carboxylic acids is 1. The number of benzene rings is 1. The van der Waals surface area contributed by atoms with Gasteiger partial charge in [-0.15, -0.1) is 11.3 Å². The molecule has 0 unspecified atom stereocenters. The SMILES string of the molecule is CCCC(=O)Nc1cncc(-c2ccc3[nH]nc(-c4nc5c(-c6ccc(F)s6)nccc5[nH]4)c3c2F)c1. The van der Waals surface area contributed by atoms with E-state index in [-0.39, 0.29) is 16.4 Å². The van der Waals surface area contributed by atoms with Gasteiger partial charge in [0.1, 0.15) is 22.7 Å². The molecule has 0 saturated carbocycles. The van der Waals surface area contributed by atoms with E-state index in [2.05, 4.69) is 35.5 Å². The third-order valence-corrected chi connectivity index (χ3v) is 6.79. The first-order valence-electron chi connectivity index (χ1n) is 11.5. The molecule has 0 fully saturated rings. The Morgan fingerprint density at radius 2 is 1.97 bits per heavy atom. The highest BCUT2D eigenvalue weighted by molar-refractivity contribution is 7.13. The van der Waals surface area contributed by atoms with Crippen LogP contribution in [0.3, 0.4) is 0 Å². The van der Waals surface area contributed by atoms with Crippen LogP contribution in [-0.4, -0.2) is 36.0 Å². The van der Waals surface area contributed by atoms with Crippen LogP contribution in [0.25, 0.3) is 55.2 Å². The molecule has 8 nitrogen and oxygen atoms in total. The van der Waals surface area contributed by atoms with E-state index in [1.807, 2.05) is 6.92 Å². The van der Waals surface area contributed by atoms with E-state index in [1.165, 1.54) is 12.3 Å². The van der Waals surface area contributed by atoms with Crippen molar-refractivity contribution >= 4 is 44.9 Å². The molecule has 0 aliphatic rings. The zero-order valence-electron chi connectivity index (χ0n) is 19.5. The van der Waals surface area contributed by atoms with Crippen molar-refractivity contribution in [2.45, 2.75) is 19.8 Å². The van der Waals surface area contributed by atoms with Gasteiger partial charge in [0, 0.05) is 29.9 Å². The monoisotopic (exact) mass is 515 g/mol. The summed E-state index contributed by atoms with van der Waals surface area (Å²) in [6.45, 7) is 1.92. The molecule has 184 valence electrons. The van der Waals surface area contributed by atoms with E-state index < -0.39 is 5.82 Å². The number of nitrogens with one attached hydrogen (secondary N) is 3. The maximum atomic E-state index is 16.0. The average molecular weight is 516 g/mol. The Morgan fingerprint density at radius 1 is 1.08 bits per heavy atom. The normalized spacial score (nSPS) is 11.4. The quantitative estimate of drug-likeness (QED) is 0.241. The molecule has 1 amide bonds. The number of H-pyrrole nitrogens is 2. The minimum Gasteiger partial charge on any atom is -0.336 e. The van der Waals surface area contributed by atoms with Crippen molar-refractivity contribution < 1.29 is 13.6 Å². The number of hydrogen-bond acceptors (Lipinski definition) is 6. The Kier molecular flexibility index (Phi) is 5.68. The molecule has 0 aliphatic carbocycles. The van der Waals surface area contributed by atoms with E-state index in [1.54, 1.807) is 42.7 Å². The highest BCUT2D eigenvalue weighted by Crippen LogP contribution is 2.36. The van der Waals surface area contributed by atoms with Gasteiger partial charge in [0.25, 0.3) is 0 Å². The van der Waals surface area contributed by atoms with Crippen LogP contribution in [-0.2, 0) is 4.79 Å². The number of imidazole rings is 1. The van der Waals surface area contributed by atoms with Gasteiger partial charge < -0.3 is 10.3 Å². The number of aromatic amines is 2. The number of anilines is 1. The molecule has 3 N–H and O–H groups in total. The molecular weight excluding hydrogens is 496 g/mol. The molecule has 0 radical (unpaired) electrons. The third kappa shape index (κ3) is 4.12. The van der Waals surface area contributed by atoms with Crippen LogP contribution in [0.2, 0.25) is 0 Å². The molecule has 0 saturated heterocycles. The number of carbonyl (C=O) groups is 1. The Labute approximate surface area is 212 Å². The van der Waals surface area contributed by atoms with Crippen molar-refractivity contribution in [2.75, 3.05) is 5.32 Å².